The number of hydrogen-bond acceptors (Lipinski definition) is 7. The standard InChI is InChI=1S/C45H64N2O5/c1-12-29-20-31(13-2)35(22-29)42(50)52-19-18-51-28-30-21-32(40(48)36(23-30)44(6,7)8)26-46-38-16-14-15-17-39(38)47-27-33-24-34(43(3,4)5)25-37(41(33)49)45(9,10)11/h12-13,21,23-27,29,31,35,38-39,48-49H,1-2,14-20,22,28H2,3-11H3/t29?,31?,35?,38?,39-/m1/s1. The number of rotatable bonds is 12. The highest BCUT2D eigenvalue weighted by atomic mass is 16.6. The van der Waals surface area contributed by atoms with Crippen LogP contribution in [0, 0.1) is 17.8 Å². The number of benzene rings is 2. The van der Waals surface area contributed by atoms with E-state index in [0.29, 0.717) is 18.1 Å². The lowest BCUT2D eigenvalue weighted by Crippen LogP contribution is -2.27. The Kier molecular flexibility index (Phi) is 13.4. The molecule has 2 aromatic rings. The van der Waals surface area contributed by atoms with Gasteiger partial charge < -0.3 is 19.7 Å². The summed E-state index contributed by atoms with van der Waals surface area (Å²) >= 11 is 0. The molecule has 0 bridgehead atoms. The number of esters is 1. The van der Waals surface area contributed by atoms with E-state index in [0.717, 1.165) is 66.3 Å². The third-order valence-corrected chi connectivity index (χ3v) is 10.7. The van der Waals surface area contributed by atoms with E-state index >= 15 is 0 Å². The molecule has 0 saturated heterocycles. The quantitative estimate of drug-likeness (QED) is 0.0988. The molecule has 284 valence electrons. The lowest BCUT2D eigenvalue weighted by atomic mass is 9.79. The summed E-state index contributed by atoms with van der Waals surface area (Å²) in [6, 6.07) is 8.01. The Hall–Kier alpha value is -3.71. The van der Waals surface area contributed by atoms with Crippen LogP contribution in [0.15, 0.2) is 59.6 Å². The molecule has 0 aliphatic heterocycles. The van der Waals surface area contributed by atoms with Gasteiger partial charge in [-0.1, -0.05) is 93.4 Å². The van der Waals surface area contributed by atoms with Crippen molar-refractivity contribution < 1.29 is 24.5 Å². The number of carbonyl (C=O) groups is 1. The molecular formula is C45H64N2O5. The second-order valence-corrected chi connectivity index (χ2v) is 18.0. The monoisotopic (exact) mass is 712 g/mol. The average molecular weight is 713 g/mol. The molecule has 0 radical (unpaired) electrons. The Morgan fingerprint density at radius 1 is 0.769 bits per heavy atom. The Labute approximate surface area is 313 Å². The van der Waals surface area contributed by atoms with Gasteiger partial charge in [0.25, 0.3) is 0 Å². The number of phenols is 2. The van der Waals surface area contributed by atoms with Crippen molar-refractivity contribution in [1.29, 1.82) is 0 Å². The summed E-state index contributed by atoms with van der Waals surface area (Å²) < 4.78 is 11.6. The van der Waals surface area contributed by atoms with E-state index in [1.807, 2.05) is 30.5 Å². The van der Waals surface area contributed by atoms with E-state index in [1.54, 1.807) is 6.21 Å². The molecular weight excluding hydrogens is 649 g/mol. The van der Waals surface area contributed by atoms with Crippen molar-refractivity contribution in [2.24, 2.45) is 27.7 Å². The number of nitrogens with zero attached hydrogens (tertiary/aromatic N) is 2. The maximum Gasteiger partial charge on any atom is 0.309 e. The van der Waals surface area contributed by atoms with Crippen molar-refractivity contribution in [3.63, 3.8) is 0 Å². The van der Waals surface area contributed by atoms with Crippen LogP contribution in [-0.4, -0.2) is 53.9 Å². The van der Waals surface area contributed by atoms with Crippen molar-refractivity contribution in [3.05, 3.63) is 83.0 Å². The van der Waals surface area contributed by atoms with Crippen molar-refractivity contribution in [2.45, 2.75) is 136 Å². The Morgan fingerprint density at radius 2 is 1.33 bits per heavy atom. The first-order chi connectivity index (χ1) is 24.3. The first-order valence-electron chi connectivity index (χ1n) is 19.1. The highest BCUT2D eigenvalue weighted by Gasteiger charge is 2.37. The van der Waals surface area contributed by atoms with Gasteiger partial charge in [-0.2, -0.15) is 0 Å². The largest absolute Gasteiger partial charge is 0.507 e. The molecule has 7 heteroatoms. The molecule has 0 heterocycles. The van der Waals surface area contributed by atoms with Gasteiger partial charge in [0.05, 0.1) is 31.2 Å². The van der Waals surface area contributed by atoms with Crippen LogP contribution in [0.2, 0.25) is 0 Å². The van der Waals surface area contributed by atoms with E-state index in [9.17, 15) is 15.0 Å². The minimum absolute atomic E-state index is 0.0344. The number of allylic oxidation sites excluding steroid dienone is 2. The van der Waals surface area contributed by atoms with Gasteiger partial charge in [-0.25, -0.2) is 0 Å². The number of phenolic OH excluding ortho intramolecular Hbond substituents is 2. The van der Waals surface area contributed by atoms with Crippen LogP contribution in [0.5, 0.6) is 11.5 Å². The van der Waals surface area contributed by atoms with E-state index < -0.39 is 0 Å². The lowest BCUT2D eigenvalue weighted by molar-refractivity contribution is -0.151. The number of carbonyl (C=O) groups excluding carboxylic acids is 1. The van der Waals surface area contributed by atoms with Crippen LogP contribution in [-0.2, 0) is 37.1 Å². The fourth-order valence-corrected chi connectivity index (χ4v) is 7.36. The molecule has 2 aromatic carbocycles. The lowest BCUT2D eigenvalue weighted by Gasteiger charge is -2.28. The highest BCUT2D eigenvalue weighted by Crippen LogP contribution is 2.40. The van der Waals surface area contributed by atoms with Crippen molar-refractivity contribution in [1.82, 2.24) is 0 Å². The normalized spacial score (nSPS) is 23.0. The van der Waals surface area contributed by atoms with Gasteiger partial charge in [-0.05, 0) is 83.1 Å². The summed E-state index contributed by atoms with van der Waals surface area (Å²) in [5.74, 6) is 0.539. The zero-order valence-electron chi connectivity index (χ0n) is 33.3. The Balaban J connectivity index is 1.48. The predicted molar refractivity (Wildman–Crippen MR) is 214 cm³/mol. The third-order valence-electron chi connectivity index (χ3n) is 10.7. The second kappa shape index (κ2) is 17.0. The molecule has 2 aliphatic rings. The maximum atomic E-state index is 12.8. The molecule has 0 spiro atoms. The molecule has 2 N–H and O–H groups in total. The van der Waals surface area contributed by atoms with E-state index in [4.69, 9.17) is 19.5 Å². The van der Waals surface area contributed by atoms with Crippen LogP contribution in [0.3, 0.4) is 0 Å². The fourth-order valence-electron chi connectivity index (χ4n) is 7.36. The molecule has 7 nitrogen and oxygen atoms in total. The highest BCUT2D eigenvalue weighted by molar-refractivity contribution is 5.86. The van der Waals surface area contributed by atoms with E-state index in [-0.39, 0.29) is 70.8 Å². The van der Waals surface area contributed by atoms with E-state index in [2.05, 4.69) is 87.6 Å². The second-order valence-electron chi connectivity index (χ2n) is 18.0. The summed E-state index contributed by atoms with van der Waals surface area (Å²) in [7, 11) is 0. The zero-order chi connectivity index (χ0) is 38.4. The van der Waals surface area contributed by atoms with Crippen molar-refractivity contribution in [2.75, 3.05) is 13.2 Å². The summed E-state index contributed by atoms with van der Waals surface area (Å²) in [4.78, 5) is 22.8. The molecule has 4 rings (SSSR count). The number of hydrogen-bond donors (Lipinski definition) is 2. The summed E-state index contributed by atoms with van der Waals surface area (Å²) in [5, 5.41) is 22.7. The summed E-state index contributed by atoms with van der Waals surface area (Å²) in [6.45, 7) is 27.7. The van der Waals surface area contributed by atoms with Crippen molar-refractivity contribution in [3.8, 4) is 11.5 Å². The van der Waals surface area contributed by atoms with Gasteiger partial charge in [0.1, 0.15) is 18.1 Å². The van der Waals surface area contributed by atoms with Crippen LogP contribution in [0.4, 0.5) is 0 Å². The summed E-state index contributed by atoms with van der Waals surface area (Å²) in [5.41, 5.74) is 4.59. The van der Waals surface area contributed by atoms with Gasteiger partial charge in [-0.15, -0.1) is 13.2 Å². The molecule has 0 amide bonds. The Morgan fingerprint density at radius 3 is 1.85 bits per heavy atom. The predicted octanol–water partition coefficient (Wildman–Crippen LogP) is 9.91. The van der Waals surface area contributed by atoms with Crippen LogP contribution in [0.1, 0.15) is 134 Å². The molecule has 5 atom stereocenters. The molecule has 0 aromatic heterocycles. The molecule has 4 unspecified atom stereocenters. The Bertz CT molecular complexity index is 1630. The molecule has 52 heavy (non-hydrogen) atoms. The smallest absolute Gasteiger partial charge is 0.309 e. The maximum absolute atomic E-state index is 12.8. The average Bonchev–Trinajstić information content (AvgIpc) is 3.50. The number of aliphatic imine (C=N–C) groups is 2. The first-order valence-corrected chi connectivity index (χ1v) is 19.1. The minimum Gasteiger partial charge on any atom is -0.507 e. The van der Waals surface area contributed by atoms with Gasteiger partial charge in [-0.3, -0.25) is 14.8 Å². The fraction of sp³-hybridized carbons (Fsp3) is 0.578. The van der Waals surface area contributed by atoms with Crippen LogP contribution >= 0.6 is 0 Å². The van der Waals surface area contributed by atoms with E-state index in [1.165, 1.54) is 0 Å². The first kappa shape index (κ1) is 41.1. The van der Waals surface area contributed by atoms with Crippen LogP contribution in [0.25, 0.3) is 0 Å². The number of aromatic hydroxyl groups is 2. The van der Waals surface area contributed by atoms with Crippen molar-refractivity contribution >= 4 is 18.4 Å². The molecule has 2 saturated carbocycles. The topological polar surface area (TPSA) is 101 Å². The third kappa shape index (κ3) is 10.5. The van der Waals surface area contributed by atoms with Gasteiger partial charge in [0.2, 0.25) is 0 Å². The summed E-state index contributed by atoms with van der Waals surface area (Å²) in [6.07, 6.45) is 13.0. The SMILES string of the molecule is C=CC1CC(C=C)C(C(=O)OCCOCc2cc(C=NC3CCCC[C@H]3N=Cc3cc(C(C)(C)C)cc(C(C)(C)C)c3O)c(O)c(C(C)(C)C)c2)C1. The van der Waals surface area contributed by atoms with Gasteiger partial charge in [0.15, 0.2) is 0 Å². The zero-order valence-corrected chi connectivity index (χ0v) is 33.3. The molecule has 2 aliphatic carbocycles. The van der Waals surface area contributed by atoms with Crippen LogP contribution < -0.4 is 0 Å². The minimum atomic E-state index is -0.308. The molecule has 2 fully saturated rings. The van der Waals surface area contributed by atoms with Gasteiger partial charge >= 0.3 is 5.97 Å². The van der Waals surface area contributed by atoms with Gasteiger partial charge in [0, 0.05) is 34.7 Å². The number of ether oxygens (including phenoxy) is 2.